The standard InChI is InChI=1S/C16H23N3O2/c1-21-14-5-2-11(8-13(14)15(17)19-20)9-18-10-16(6-7-16)12-3-4-12/h2,5,8,12,18,20H,3-4,6-7,9-10H2,1H3,(H2,17,19). The molecule has 2 fully saturated rings. The van der Waals surface area contributed by atoms with Crippen molar-refractivity contribution in [3.05, 3.63) is 29.3 Å². The van der Waals surface area contributed by atoms with Crippen LogP contribution in [0.5, 0.6) is 5.75 Å². The van der Waals surface area contributed by atoms with Crippen LogP contribution >= 0.6 is 0 Å². The Morgan fingerprint density at radius 1 is 1.48 bits per heavy atom. The minimum atomic E-state index is 0.0744. The van der Waals surface area contributed by atoms with E-state index in [9.17, 15) is 0 Å². The molecule has 0 unspecified atom stereocenters. The first-order valence-corrected chi connectivity index (χ1v) is 7.54. The van der Waals surface area contributed by atoms with E-state index in [1.165, 1.54) is 25.7 Å². The SMILES string of the molecule is COc1ccc(CNCC2(C3CC3)CC2)cc1/C(N)=N/O. The number of nitrogens with one attached hydrogen (secondary N) is 1. The fourth-order valence-corrected chi connectivity index (χ4v) is 3.16. The molecule has 1 aromatic carbocycles. The van der Waals surface area contributed by atoms with Crippen LogP contribution in [0.15, 0.2) is 23.4 Å². The molecule has 0 amide bonds. The summed E-state index contributed by atoms with van der Waals surface area (Å²) in [6, 6.07) is 5.78. The Balaban J connectivity index is 1.62. The summed E-state index contributed by atoms with van der Waals surface area (Å²) in [7, 11) is 1.58. The molecule has 21 heavy (non-hydrogen) atoms. The normalized spacial score (nSPS) is 20.3. The molecule has 114 valence electrons. The van der Waals surface area contributed by atoms with Gasteiger partial charge in [0.15, 0.2) is 5.84 Å². The van der Waals surface area contributed by atoms with E-state index in [0.717, 1.165) is 24.6 Å². The lowest BCUT2D eigenvalue weighted by Gasteiger charge is -2.15. The van der Waals surface area contributed by atoms with Gasteiger partial charge in [-0.1, -0.05) is 11.2 Å². The molecule has 0 saturated heterocycles. The maximum Gasteiger partial charge on any atom is 0.173 e. The minimum Gasteiger partial charge on any atom is -0.496 e. The van der Waals surface area contributed by atoms with E-state index in [0.29, 0.717) is 16.7 Å². The number of hydrogen-bond acceptors (Lipinski definition) is 4. The number of ether oxygens (including phenoxy) is 1. The molecule has 2 aliphatic rings. The topological polar surface area (TPSA) is 79.9 Å². The second-order valence-electron chi connectivity index (χ2n) is 6.26. The van der Waals surface area contributed by atoms with Crippen molar-refractivity contribution in [3.63, 3.8) is 0 Å². The Kier molecular flexibility index (Phi) is 3.76. The molecule has 2 aliphatic carbocycles. The zero-order valence-corrected chi connectivity index (χ0v) is 12.4. The van der Waals surface area contributed by atoms with Crippen molar-refractivity contribution >= 4 is 5.84 Å². The number of hydrogen-bond donors (Lipinski definition) is 3. The van der Waals surface area contributed by atoms with Gasteiger partial charge in [-0.3, -0.25) is 0 Å². The zero-order valence-electron chi connectivity index (χ0n) is 12.4. The van der Waals surface area contributed by atoms with Crippen LogP contribution in [0, 0.1) is 11.3 Å². The monoisotopic (exact) mass is 289 g/mol. The second kappa shape index (κ2) is 5.56. The van der Waals surface area contributed by atoms with Crippen LogP contribution in [0.1, 0.15) is 36.8 Å². The van der Waals surface area contributed by atoms with Crippen LogP contribution in [0.3, 0.4) is 0 Å². The van der Waals surface area contributed by atoms with Crippen molar-refractivity contribution in [2.45, 2.75) is 32.2 Å². The summed E-state index contributed by atoms with van der Waals surface area (Å²) in [4.78, 5) is 0. The number of nitrogens with two attached hydrogens (primary N) is 1. The van der Waals surface area contributed by atoms with Gasteiger partial charge in [-0.2, -0.15) is 0 Å². The van der Waals surface area contributed by atoms with Gasteiger partial charge < -0.3 is 21.0 Å². The molecular formula is C16H23N3O2. The first-order chi connectivity index (χ1) is 10.2. The summed E-state index contributed by atoms with van der Waals surface area (Å²) in [6.07, 6.45) is 5.58. The Hall–Kier alpha value is -1.75. The van der Waals surface area contributed by atoms with Gasteiger partial charge in [0.1, 0.15) is 5.75 Å². The molecule has 0 spiro atoms. The summed E-state index contributed by atoms with van der Waals surface area (Å²) in [6.45, 7) is 1.90. The quantitative estimate of drug-likeness (QED) is 0.311. The van der Waals surface area contributed by atoms with E-state index in [-0.39, 0.29) is 5.84 Å². The average Bonchev–Trinajstić information content (AvgIpc) is 3.38. The summed E-state index contributed by atoms with van der Waals surface area (Å²) in [5, 5.41) is 15.5. The molecule has 0 radical (unpaired) electrons. The summed E-state index contributed by atoms with van der Waals surface area (Å²) in [5.41, 5.74) is 8.04. The molecule has 1 aromatic rings. The Labute approximate surface area is 125 Å². The molecule has 0 aliphatic heterocycles. The Morgan fingerprint density at radius 2 is 2.24 bits per heavy atom. The lowest BCUT2D eigenvalue weighted by atomic mass is 10.0. The van der Waals surface area contributed by atoms with Gasteiger partial charge >= 0.3 is 0 Å². The van der Waals surface area contributed by atoms with Crippen molar-refractivity contribution in [3.8, 4) is 5.75 Å². The Bertz CT molecular complexity index is 548. The number of methoxy groups -OCH3 is 1. The largest absolute Gasteiger partial charge is 0.496 e. The van der Waals surface area contributed by atoms with Crippen LogP contribution in [0.4, 0.5) is 0 Å². The second-order valence-corrected chi connectivity index (χ2v) is 6.26. The van der Waals surface area contributed by atoms with Crippen molar-refractivity contribution in [2.75, 3.05) is 13.7 Å². The molecule has 0 aromatic heterocycles. The predicted molar refractivity (Wildman–Crippen MR) is 81.6 cm³/mol. The molecule has 5 heteroatoms. The highest BCUT2D eigenvalue weighted by atomic mass is 16.5. The zero-order chi connectivity index (χ0) is 14.9. The highest BCUT2D eigenvalue weighted by Crippen LogP contribution is 2.60. The maximum atomic E-state index is 8.85. The highest BCUT2D eigenvalue weighted by Gasteiger charge is 2.53. The molecular weight excluding hydrogens is 266 g/mol. The molecule has 0 heterocycles. The van der Waals surface area contributed by atoms with Gasteiger partial charge in [0.2, 0.25) is 0 Å². The van der Waals surface area contributed by atoms with E-state index >= 15 is 0 Å². The highest BCUT2D eigenvalue weighted by molar-refractivity contribution is 5.99. The smallest absolute Gasteiger partial charge is 0.173 e. The van der Waals surface area contributed by atoms with E-state index in [1.54, 1.807) is 7.11 Å². The third-order valence-electron chi connectivity index (χ3n) is 4.79. The third-order valence-corrected chi connectivity index (χ3v) is 4.79. The third kappa shape index (κ3) is 2.97. The van der Waals surface area contributed by atoms with Crippen LogP contribution in [0.25, 0.3) is 0 Å². The van der Waals surface area contributed by atoms with E-state index in [1.807, 2.05) is 18.2 Å². The number of amidine groups is 1. The molecule has 2 saturated carbocycles. The molecule has 0 atom stereocenters. The maximum absolute atomic E-state index is 8.85. The summed E-state index contributed by atoms with van der Waals surface area (Å²) >= 11 is 0. The Morgan fingerprint density at radius 3 is 2.81 bits per heavy atom. The van der Waals surface area contributed by atoms with Crippen LogP contribution in [-0.2, 0) is 6.54 Å². The predicted octanol–water partition coefficient (Wildman–Crippen LogP) is 2.07. The number of oxime groups is 1. The van der Waals surface area contributed by atoms with Gasteiger partial charge in [0.05, 0.1) is 12.7 Å². The minimum absolute atomic E-state index is 0.0744. The van der Waals surface area contributed by atoms with E-state index in [4.69, 9.17) is 15.7 Å². The first kappa shape index (κ1) is 14.2. The van der Waals surface area contributed by atoms with E-state index in [2.05, 4.69) is 10.5 Å². The lowest BCUT2D eigenvalue weighted by molar-refractivity contribution is 0.318. The van der Waals surface area contributed by atoms with Gasteiger partial charge in [-0.15, -0.1) is 0 Å². The fraction of sp³-hybridized carbons (Fsp3) is 0.562. The number of benzene rings is 1. The lowest BCUT2D eigenvalue weighted by Crippen LogP contribution is -2.25. The van der Waals surface area contributed by atoms with Crippen molar-refractivity contribution in [1.29, 1.82) is 0 Å². The molecule has 3 rings (SSSR count). The van der Waals surface area contributed by atoms with Crippen LogP contribution in [-0.4, -0.2) is 24.7 Å². The van der Waals surface area contributed by atoms with Crippen LogP contribution in [0.2, 0.25) is 0 Å². The van der Waals surface area contributed by atoms with Crippen molar-refractivity contribution in [1.82, 2.24) is 5.32 Å². The fourth-order valence-electron chi connectivity index (χ4n) is 3.16. The van der Waals surface area contributed by atoms with Crippen molar-refractivity contribution < 1.29 is 9.94 Å². The van der Waals surface area contributed by atoms with Gasteiger partial charge in [0, 0.05) is 13.1 Å². The molecule has 5 nitrogen and oxygen atoms in total. The van der Waals surface area contributed by atoms with E-state index < -0.39 is 0 Å². The summed E-state index contributed by atoms with van der Waals surface area (Å²) < 4.78 is 5.24. The molecule has 4 N–H and O–H groups in total. The number of nitrogens with zero attached hydrogens (tertiary/aromatic N) is 1. The van der Waals surface area contributed by atoms with Gasteiger partial charge in [-0.05, 0) is 54.7 Å². The van der Waals surface area contributed by atoms with Gasteiger partial charge in [-0.25, -0.2) is 0 Å². The average molecular weight is 289 g/mol. The van der Waals surface area contributed by atoms with Crippen molar-refractivity contribution in [2.24, 2.45) is 22.2 Å². The molecule has 0 bridgehead atoms. The summed E-state index contributed by atoms with van der Waals surface area (Å²) in [5.74, 6) is 1.66. The number of rotatable bonds is 7. The van der Waals surface area contributed by atoms with Gasteiger partial charge in [0.25, 0.3) is 0 Å². The first-order valence-electron chi connectivity index (χ1n) is 7.54. The van der Waals surface area contributed by atoms with Crippen LogP contribution < -0.4 is 15.8 Å².